The van der Waals surface area contributed by atoms with E-state index >= 15 is 0 Å². The molecule has 4 N–H and O–H groups in total. The van der Waals surface area contributed by atoms with Crippen LogP contribution in [0.5, 0.6) is 0 Å². The number of ether oxygens (including phenoxy) is 1. The molecule has 1 aromatic rings. The van der Waals surface area contributed by atoms with E-state index in [9.17, 15) is 13.2 Å². The van der Waals surface area contributed by atoms with Gasteiger partial charge in [-0.15, -0.1) is 0 Å². The van der Waals surface area contributed by atoms with E-state index < -0.39 is 15.9 Å². The number of benzene rings is 1. The zero-order chi connectivity index (χ0) is 15.2. The molecular weight excluding hydrogens is 282 g/mol. The number of rotatable bonds is 8. The van der Waals surface area contributed by atoms with Gasteiger partial charge in [0.05, 0.1) is 18.9 Å². The number of nitrogens with two attached hydrogens (primary N) is 2. The number of primary amides is 1. The van der Waals surface area contributed by atoms with Crippen molar-refractivity contribution in [3.8, 4) is 0 Å². The van der Waals surface area contributed by atoms with E-state index in [-0.39, 0.29) is 25.4 Å². The highest BCUT2D eigenvalue weighted by atomic mass is 32.2. The van der Waals surface area contributed by atoms with Gasteiger partial charge < -0.3 is 16.2 Å². The zero-order valence-electron chi connectivity index (χ0n) is 11.3. The third kappa shape index (κ3) is 4.80. The predicted octanol–water partition coefficient (Wildman–Crippen LogP) is -0.468. The number of amides is 1. The van der Waals surface area contributed by atoms with Crippen molar-refractivity contribution in [1.29, 1.82) is 0 Å². The molecule has 0 unspecified atom stereocenters. The Labute approximate surface area is 118 Å². The lowest BCUT2D eigenvalue weighted by Crippen LogP contribution is -2.40. The first kappa shape index (κ1) is 16.4. The Hall–Kier alpha value is -1.64. The Morgan fingerprint density at radius 1 is 1.35 bits per heavy atom. The third-order valence-corrected chi connectivity index (χ3v) is 4.40. The summed E-state index contributed by atoms with van der Waals surface area (Å²) in [5.41, 5.74) is 12.0. The lowest BCUT2D eigenvalue weighted by Gasteiger charge is -2.21. The Bertz CT molecular complexity index is 560. The fourth-order valence-corrected chi connectivity index (χ4v) is 2.91. The first-order chi connectivity index (χ1) is 9.36. The number of nitrogens with zero attached hydrogens (tertiary/aromatic N) is 1. The fraction of sp³-hybridized carbons (Fsp3) is 0.417. The van der Waals surface area contributed by atoms with Crippen molar-refractivity contribution in [3.05, 3.63) is 29.8 Å². The van der Waals surface area contributed by atoms with Crippen molar-refractivity contribution in [2.75, 3.05) is 31.7 Å². The van der Waals surface area contributed by atoms with Gasteiger partial charge in [0, 0.05) is 19.3 Å². The Kier molecular flexibility index (Phi) is 5.93. The third-order valence-electron chi connectivity index (χ3n) is 2.67. The van der Waals surface area contributed by atoms with E-state index in [0.717, 1.165) is 4.31 Å². The summed E-state index contributed by atoms with van der Waals surface area (Å²) in [7, 11) is -2.24. The number of anilines is 1. The normalized spacial score (nSPS) is 11.7. The molecule has 8 heteroatoms. The second kappa shape index (κ2) is 7.22. The molecule has 1 rings (SSSR count). The van der Waals surface area contributed by atoms with Crippen LogP contribution in [-0.2, 0) is 26.1 Å². The molecule has 0 fully saturated rings. The van der Waals surface area contributed by atoms with Gasteiger partial charge in [-0.3, -0.25) is 4.79 Å². The van der Waals surface area contributed by atoms with Gasteiger partial charge in [0.1, 0.15) is 0 Å². The van der Waals surface area contributed by atoms with E-state index in [1.807, 2.05) is 0 Å². The van der Waals surface area contributed by atoms with Crippen molar-refractivity contribution in [2.24, 2.45) is 5.73 Å². The number of methoxy groups -OCH3 is 1. The summed E-state index contributed by atoms with van der Waals surface area (Å²) in [5.74, 6) is -0.940. The number of nitrogen functional groups attached to an aromatic ring is 1. The van der Waals surface area contributed by atoms with Crippen LogP contribution < -0.4 is 11.5 Å². The molecule has 20 heavy (non-hydrogen) atoms. The average molecular weight is 301 g/mol. The van der Waals surface area contributed by atoms with Crippen LogP contribution >= 0.6 is 0 Å². The smallest absolute Gasteiger partial charge is 0.232 e. The standard InChI is InChI=1S/C12H19N3O4S/c1-19-6-7-20(17,18)15(9-12(14)16)8-10-4-2-3-5-11(10)13/h2-5H,6-9,13H2,1H3,(H2,14,16). The fourth-order valence-electron chi connectivity index (χ4n) is 1.61. The van der Waals surface area contributed by atoms with Gasteiger partial charge in [0.2, 0.25) is 15.9 Å². The number of hydrogen-bond acceptors (Lipinski definition) is 5. The van der Waals surface area contributed by atoms with Crippen molar-refractivity contribution < 1.29 is 17.9 Å². The quantitative estimate of drug-likeness (QED) is 0.630. The van der Waals surface area contributed by atoms with E-state index in [0.29, 0.717) is 11.3 Å². The summed E-state index contributed by atoms with van der Waals surface area (Å²) in [6, 6.07) is 6.86. The van der Waals surface area contributed by atoms with Crippen LogP contribution in [0.1, 0.15) is 5.56 Å². The molecule has 0 spiro atoms. The lowest BCUT2D eigenvalue weighted by molar-refractivity contribution is -0.118. The van der Waals surface area contributed by atoms with Crippen LogP contribution in [0.3, 0.4) is 0 Å². The van der Waals surface area contributed by atoms with Crippen LogP contribution in [0.2, 0.25) is 0 Å². The summed E-state index contributed by atoms with van der Waals surface area (Å²) < 4.78 is 30.1. The molecular formula is C12H19N3O4S. The Balaban J connectivity index is 2.95. The molecule has 0 aromatic heterocycles. The maximum absolute atomic E-state index is 12.1. The first-order valence-corrected chi connectivity index (χ1v) is 7.56. The molecule has 1 amide bonds. The van der Waals surface area contributed by atoms with Crippen molar-refractivity contribution in [3.63, 3.8) is 0 Å². The van der Waals surface area contributed by atoms with Crippen LogP contribution in [0.25, 0.3) is 0 Å². The van der Waals surface area contributed by atoms with Gasteiger partial charge in [-0.2, -0.15) is 4.31 Å². The molecule has 7 nitrogen and oxygen atoms in total. The van der Waals surface area contributed by atoms with Crippen LogP contribution in [-0.4, -0.2) is 44.6 Å². The van der Waals surface area contributed by atoms with E-state index in [1.165, 1.54) is 7.11 Å². The lowest BCUT2D eigenvalue weighted by atomic mass is 10.2. The molecule has 0 saturated carbocycles. The summed E-state index contributed by atoms with van der Waals surface area (Å²) in [4.78, 5) is 11.1. The summed E-state index contributed by atoms with van der Waals surface area (Å²) in [6.07, 6.45) is 0. The minimum Gasteiger partial charge on any atom is -0.398 e. The molecule has 0 heterocycles. The SMILES string of the molecule is COCCS(=O)(=O)N(CC(N)=O)Cc1ccccc1N. The molecule has 0 saturated heterocycles. The van der Waals surface area contributed by atoms with Gasteiger partial charge >= 0.3 is 0 Å². The monoisotopic (exact) mass is 301 g/mol. The van der Waals surface area contributed by atoms with Gasteiger partial charge in [-0.25, -0.2) is 8.42 Å². The zero-order valence-corrected chi connectivity index (χ0v) is 12.1. The van der Waals surface area contributed by atoms with Crippen LogP contribution in [0.15, 0.2) is 24.3 Å². The van der Waals surface area contributed by atoms with Crippen LogP contribution in [0.4, 0.5) is 5.69 Å². The average Bonchev–Trinajstić information content (AvgIpc) is 2.37. The molecule has 1 aromatic carbocycles. The van der Waals surface area contributed by atoms with E-state index in [1.54, 1.807) is 24.3 Å². The molecule has 0 bridgehead atoms. The van der Waals surface area contributed by atoms with Gasteiger partial charge in [-0.1, -0.05) is 18.2 Å². The molecule has 0 aliphatic heterocycles. The molecule has 112 valence electrons. The predicted molar refractivity (Wildman–Crippen MR) is 76.1 cm³/mol. The van der Waals surface area contributed by atoms with Crippen molar-refractivity contribution in [2.45, 2.75) is 6.54 Å². The van der Waals surface area contributed by atoms with Gasteiger partial charge in [0.25, 0.3) is 0 Å². The second-order valence-corrected chi connectivity index (χ2v) is 6.33. The number of hydrogen-bond donors (Lipinski definition) is 2. The second-order valence-electron chi connectivity index (χ2n) is 4.24. The van der Waals surface area contributed by atoms with Crippen molar-refractivity contribution >= 4 is 21.6 Å². The highest BCUT2D eigenvalue weighted by Crippen LogP contribution is 2.15. The number of para-hydroxylation sites is 1. The molecule has 0 aliphatic rings. The van der Waals surface area contributed by atoms with Gasteiger partial charge in [-0.05, 0) is 11.6 Å². The number of sulfonamides is 1. The minimum absolute atomic E-state index is 0.00165. The summed E-state index contributed by atoms with van der Waals surface area (Å²) >= 11 is 0. The Morgan fingerprint density at radius 3 is 2.55 bits per heavy atom. The Morgan fingerprint density at radius 2 is 2.00 bits per heavy atom. The van der Waals surface area contributed by atoms with Crippen LogP contribution in [0, 0.1) is 0 Å². The van der Waals surface area contributed by atoms with E-state index in [2.05, 4.69) is 0 Å². The maximum atomic E-state index is 12.1. The van der Waals surface area contributed by atoms with E-state index in [4.69, 9.17) is 16.2 Å². The van der Waals surface area contributed by atoms with Gasteiger partial charge in [0.15, 0.2) is 0 Å². The number of carbonyl (C=O) groups excluding carboxylic acids is 1. The first-order valence-electron chi connectivity index (χ1n) is 5.95. The molecule has 0 atom stereocenters. The molecule has 0 aliphatic carbocycles. The highest BCUT2D eigenvalue weighted by Gasteiger charge is 2.24. The summed E-state index contributed by atoms with van der Waals surface area (Å²) in [6.45, 7) is -0.343. The van der Waals surface area contributed by atoms with Crippen molar-refractivity contribution in [1.82, 2.24) is 4.31 Å². The molecule has 0 radical (unpaired) electrons. The topological polar surface area (TPSA) is 116 Å². The minimum atomic E-state index is -3.64. The highest BCUT2D eigenvalue weighted by molar-refractivity contribution is 7.89. The largest absolute Gasteiger partial charge is 0.398 e. The summed E-state index contributed by atoms with van der Waals surface area (Å²) in [5, 5.41) is 0. The maximum Gasteiger partial charge on any atom is 0.232 e. The number of carbonyl (C=O) groups is 1.